The van der Waals surface area contributed by atoms with E-state index in [2.05, 4.69) is 9.97 Å². The average Bonchev–Trinajstić information content (AvgIpc) is 3.17. The van der Waals surface area contributed by atoms with Gasteiger partial charge in [-0.2, -0.15) is 0 Å². The van der Waals surface area contributed by atoms with E-state index in [-0.39, 0.29) is 18.6 Å². The van der Waals surface area contributed by atoms with E-state index in [1.807, 2.05) is 70.2 Å². The van der Waals surface area contributed by atoms with Gasteiger partial charge < -0.3 is 10.1 Å². The zero-order chi connectivity index (χ0) is 23.7. The topological polar surface area (TPSA) is 95.9 Å². The standard InChI is InChI=1S/C27H27N3O3/c1-15-5-8-21(28-18(15)4)14-24(31)20-7-9-22-23(13-20)30-27(29-22)26-16(2)11-19(12-17(26)3)6-10-25(32)33/h5,7-9,11-13H,6,10,14H2,1-4H3,(H,29,30)(H,32,33). The molecule has 0 spiro atoms. The number of pyridine rings is 1. The minimum atomic E-state index is -0.801. The lowest BCUT2D eigenvalue weighted by Gasteiger charge is -2.10. The predicted molar refractivity (Wildman–Crippen MR) is 129 cm³/mol. The monoisotopic (exact) mass is 441 g/mol. The highest BCUT2D eigenvalue weighted by atomic mass is 16.4. The molecule has 33 heavy (non-hydrogen) atoms. The molecule has 2 aromatic carbocycles. The van der Waals surface area contributed by atoms with Gasteiger partial charge in [-0.05, 0) is 80.6 Å². The van der Waals surface area contributed by atoms with Crippen LogP contribution in [0.1, 0.15) is 50.4 Å². The summed E-state index contributed by atoms with van der Waals surface area (Å²) in [6.45, 7) is 7.96. The van der Waals surface area contributed by atoms with Gasteiger partial charge in [0.25, 0.3) is 0 Å². The minimum absolute atomic E-state index is 0.0129. The molecule has 2 aromatic heterocycles. The molecule has 0 aliphatic rings. The Morgan fingerprint density at radius 1 is 0.909 bits per heavy atom. The summed E-state index contributed by atoms with van der Waals surface area (Å²) in [5, 5.41) is 8.95. The van der Waals surface area contributed by atoms with Crippen LogP contribution in [-0.4, -0.2) is 31.8 Å². The van der Waals surface area contributed by atoms with E-state index in [4.69, 9.17) is 10.1 Å². The number of hydrogen-bond donors (Lipinski definition) is 2. The Kier molecular flexibility index (Phi) is 6.09. The number of rotatable bonds is 7. The van der Waals surface area contributed by atoms with Crippen LogP contribution in [-0.2, 0) is 17.6 Å². The summed E-state index contributed by atoms with van der Waals surface area (Å²) in [7, 11) is 0. The van der Waals surface area contributed by atoms with Crippen LogP contribution < -0.4 is 0 Å². The lowest BCUT2D eigenvalue weighted by atomic mass is 9.97. The van der Waals surface area contributed by atoms with Crippen LogP contribution >= 0.6 is 0 Å². The highest BCUT2D eigenvalue weighted by Gasteiger charge is 2.15. The second-order valence-electron chi connectivity index (χ2n) is 8.62. The van der Waals surface area contributed by atoms with E-state index in [0.29, 0.717) is 12.0 Å². The van der Waals surface area contributed by atoms with Crippen LogP contribution in [0, 0.1) is 27.7 Å². The molecule has 0 unspecified atom stereocenters. The van der Waals surface area contributed by atoms with E-state index >= 15 is 0 Å². The quantitative estimate of drug-likeness (QED) is 0.379. The van der Waals surface area contributed by atoms with Crippen LogP contribution in [0.3, 0.4) is 0 Å². The van der Waals surface area contributed by atoms with Gasteiger partial charge in [-0.1, -0.05) is 18.2 Å². The zero-order valence-electron chi connectivity index (χ0n) is 19.3. The summed E-state index contributed by atoms with van der Waals surface area (Å²) in [4.78, 5) is 36.4. The molecule has 6 nitrogen and oxygen atoms in total. The number of nitrogens with one attached hydrogen (secondary N) is 1. The van der Waals surface area contributed by atoms with Crippen molar-refractivity contribution in [1.29, 1.82) is 0 Å². The first-order valence-corrected chi connectivity index (χ1v) is 11.0. The zero-order valence-corrected chi connectivity index (χ0v) is 19.3. The first kappa shape index (κ1) is 22.4. The van der Waals surface area contributed by atoms with Crippen LogP contribution in [0.4, 0.5) is 0 Å². The average molecular weight is 442 g/mol. The van der Waals surface area contributed by atoms with Crippen molar-refractivity contribution in [3.8, 4) is 11.4 Å². The van der Waals surface area contributed by atoms with Gasteiger partial charge in [0.05, 0.1) is 17.5 Å². The number of aromatic nitrogens is 3. The van der Waals surface area contributed by atoms with Crippen molar-refractivity contribution < 1.29 is 14.7 Å². The van der Waals surface area contributed by atoms with Crippen molar-refractivity contribution in [2.24, 2.45) is 0 Å². The van der Waals surface area contributed by atoms with Gasteiger partial charge in [-0.3, -0.25) is 14.6 Å². The third kappa shape index (κ3) is 4.85. The van der Waals surface area contributed by atoms with Gasteiger partial charge in [-0.25, -0.2) is 4.98 Å². The first-order chi connectivity index (χ1) is 15.7. The van der Waals surface area contributed by atoms with E-state index in [1.165, 1.54) is 0 Å². The molecule has 6 heteroatoms. The van der Waals surface area contributed by atoms with Crippen molar-refractivity contribution in [1.82, 2.24) is 15.0 Å². The lowest BCUT2D eigenvalue weighted by Crippen LogP contribution is -2.06. The molecule has 2 heterocycles. The molecule has 4 rings (SSSR count). The van der Waals surface area contributed by atoms with Crippen molar-refractivity contribution in [3.63, 3.8) is 0 Å². The molecule has 0 saturated carbocycles. The third-order valence-electron chi connectivity index (χ3n) is 6.01. The SMILES string of the molecule is Cc1ccc(CC(=O)c2ccc3nc(-c4c(C)cc(CCC(=O)O)cc4C)[nH]c3c2)nc1C. The lowest BCUT2D eigenvalue weighted by molar-refractivity contribution is -0.136. The van der Waals surface area contributed by atoms with Gasteiger partial charge in [0.2, 0.25) is 0 Å². The molecule has 0 fully saturated rings. The number of hydrogen-bond acceptors (Lipinski definition) is 4. The Bertz CT molecular complexity index is 1360. The summed E-state index contributed by atoms with van der Waals surface area (Å²) in [6, 6.07) is 13.5. The Labute approximate surface area is 192 Å². The number of aliphatic carboxylic acids is 1. The number of fused-ring (bicyclic) bond motifs is 1. The number of ketones is 1. The highest BCUT2D eigenvalue weighted by molar-refractivity contribution is 6.00. The molecule has 0 saturated heterocycles. The number of nitrogens with zero attached hydrogens (tertiary/aromatic N) is 2. The maximum atomic E-state index is 12.9. The molecule has 0 aliphatic heterocycles. The second-order valence-corrected chi connectivity index (χ2v) is 8.62. The molecule has 0 radical (unpaired) electrons. The number of benzene rings is 2. The van der Waals surface area contributed by atoms with Gasteiger partial charge in [-0.15, -0.1) is 0 Å². The van der Waals surface area contributed by atoms with Crippen LogP contribution in [0.15, 0.2) is 42.5 Å². The third-order valence-corrected chi connectivity index (χ3v) is 6.01. The van der Waals surface area contributed by atoms with Crippen molar-refractivity contribution in [2.75, 3.05) is 0 Å². The molecule has 4 aromatic rings. The van der Waals surface area contributed by atoms with E-state index < -0.39 is 5.97 Å². The summed E-state index contributed by atoms with van der Waals surface area (Å²) < 4.78 is 0. The second kappa shape index (κ2) is 8.98. The van der Waals surface area contributed by atoms with Gasteiger partial charge in [0, 0.05) is 28.9 Å². The number of H-pyrrole nitrogens is 1. The largest absolute Gasteiger partial charge is 0.481 e. The van der Waals surface area contributed by atoms with Crippen LogP contribution in [0.5, 0.6) is 0 Å². The molecule has 0 aliphatic carbocycles. The Morgan fingerprint density at radius 3 is 2.30 bits per heavy atom. The van der Waals surface area contributed by atoms with E-state index in [0.717, 1.165) is 56.1 Å². The molecule has 2 N–H and O–H groups in total. The van der Waals surface area contributed by atoms with Gasteiger partial charge >= 0.3 is 5.97 Å². The number of aryl methyl sites for hydroxylation is 5. The molecular weight excluding hydrogens is 414 g/mol. The fourth-order valence-electron chi connectivity index (χ4n) is 4.17. The highest BCUT2D eigenvalue weighted by Crippen LogP contribution is 2.29. The fraction of sp³-hybridized carbons (Fsp3) is 0.259. The number of carbonyl (C=O) groups is 2. The number of aromatic amines is 1. The summed E-state index contributed by atoms with van der Waals surface area (Å²) >= 11 is 0. The van der Waals surface area contributed by atoms with Crippen molar-refractivity contribution in [3.05, 3.63) is 81.7 Å². The number of carboxylic acid groups (broad SMARTS) is 1. The maximum Gasteiger partial charge on any atom is 0.303 e. The summed E-state index contributed by atoms with van der Waals surface area (Å²) in [6.07, 6.45) is 0.860. The molecular formula is C27H27N3O3. The van der Waals surface area contributed by atoms with Crippen LogP contribution in [0.25, 0.3) is 22.4 Å². The molecule has 0 atom stereocenters. The number of carboxylic acids is 1. The molecule has 0 amide bonds. The molecule has 0 bridgehead atoms. The Morgan fingerprint density at radius 2 is 1.64 bits per heavy atom. The van der Waals surface area contributed by atoms with Crippen LogP contribution in [0.2, 0.25) is 0 Å². The van der Waals surface area contributed by atoms with Gasteiger partial charge in [0.15, 0.2) is 5.78 Å². The fourth-order valence-corrected chi connectivity index (χ4v) is 4.17. The van der Waals surface area contributed by atoms with E-state index in [9.17, 15) is 9.59 Å². The van der Waals surface area contributed by atoms with Crippen molar-refractivity contribution in [2.45, 2.75) is 47.0 Å². The van der Waals surface area contributed by atoms with Gasteiger partial charge in [0.1, 0.15) is 5.82 Å². The Balaban J connectivity index is 1.61. The molecule has 168 valence electrons. The normalized spacial score (nSPS) is 11.2. The minimum Gasteiger partial charge on any atom is -0.481 e. The van der Waals surface area contributed by atoms with Crippen molar-refractivity contribution >= 4 is 22.8 Å². The summed E-state index contributed by atoms with van der Waals surface area (Å²) in [5.41, 5.74) is 9.10. The maximum absolute atomic E-state index is 12.9. The van der Waals surface area contributed by atoms with E-state index in [1.54, 1.807) is 0 Å². The number of imidazole rings is 1. The number of carbonyl (C=O) groups excluding carboxylic acids is 1. The smallest absolute Gasteiger partial charge is 0.303 e. The number of Topliss-reactive ketones (excluding diaryl/α,β-unsaturated/α-hetero) is 1. The predicted octanol–water partition coefficient (Wildman–Crippen LogP) is 5.30. The first-order valence-electron chi connectivity index (χ1n) is 11.0. The Hall–Kier alpha value is -3.80. The summed E-state index contributed by atoms with van der Waals surface area (Å²) in [5.74, 6) is -0.0468.